The van der Waals surface area contributed by atoms with Gasteiger partial charge >= 0.3 is 0 Å². The van der Waals surface area contributed by atoms with Crippen LogP contribution in [0.4, 0.5) is 10.1 Å². The van der Waals surface area contributed by atoms with E-state index in [9.17, 15) is 9.18 Å². The van der Waals surface area contributed by atoms with Crippen LogP contribution in [0.25, 0.3) is 0 Å². The molecule has 2 rings (SSSR count). The molecule has 0 atom stereocenters. The Balaban J connectivity index is 2.27. The molecule has 0 radical (unpaired) electrons. The lowest BCUT2D eigenvalue weighted by Gasteiger charge is -2.10. The topological polar surface area (TPSA) is 38.3 Å². The van der Waals surface area contributed by atoms with Crippen LogP contribution in [-0.2, 0) is 0 Å². The highest BCUT2D eigenvalue weighted by molar-refractivity contribution is 9.10. The molecule has 2 aromatic carbocycles. The predicted molar refractivity (Wildman–Crippen MR) is 82.7 cm³/mol. The smallest absolute Gasteiger partial charge is 0.255 e. The van der Waals surface area contributed by atoms with Crippen molar-refractivity contribution >= 4 is 43.5 Å². The SMILES string of the molecule is COc1ccc(Br)cc1NC(=O)c1ccc(Br)c(F)c1. The molecule has 0 bridgehead atoms. The molecule has 1 amide bonds. The van der Waals surface area contributed by atoms with E-state index in [1.807, 2.05) is 0 Å². The molecule has 2 aromatic rings. The second-order valence-corrected chi connectivity index (χ2v) is 5.70. The summed E-state index contributed by atoms with van der Waals surface area (Å²) in [7, 11) is 1.51. The highest BCUT2D eigenvalue weighted by Crippen LogP contribution is 2.28. The number of benzene rings is 2. The number of halogens is 3. The number of methoxy groups -OCH3 is 1. The van der Waals surface area contributed by atoms with E-state index in [1.165, 1.54) is 25.3 Å². The number of ether oxygens (including phenoxy) is 1. The van der Waals surface area contributed by atoms with Crippen molar-refractivity contribution in [2.45, 2.75) is 0 Å². The summed E-state index contributed by atoms with van der Waals surface area (Å²) in [5, 5.41) is 2.69. The second-order valence-electron chi connectivity index (χ2n) is 3.93. The van der Waals surface area contributed by atoms with E-state index in [-0.39, 0.29) is 5.56 Å². The van der Waals surface area contributed by atoms with Gasteiger partial charge < -0.3 is 10.1 Å². The molecule has 0 saturated heterocycles. The monoisotopic (exact) mass is 401 g/mol. The third kappa shape index (κ3) is 3.37. The summed E-state index contributed by atoms with van der Waals surface area (Å²) in [4.78, 5) is 12.1. The lowest BCUT2D eigenvalue weighted by atomic mass is 10.2. The molecule has 20 heavy (non-hydrogen) atoms. The number of hydrogen-bond acceptors (Lipinski definition) is 2. The lowest BCUT2D eigenvalue weighted by Crippen LogP contribution is -2.13. The molecule has 6 heteroatoms. The zero-order valence-corrected chi connectivity index (χ0v) is 13.6. The van der Waals surface area contributed by atoms with Crippen LogP contribution < -0.4 is 10.1 Å². The Kier molecular flexibility index (Phi) is 4.77. The summed E-state index contributed by atoms with van der Waals surface area (Å²) in [6.07, 6.45) is 0. The number of carbonyl (C=O) groups is 1. The molecule has 0 aliphatic heterocycles. The average molecular weight is 403 g/mol. The van der Waals surface area contributed by atoms with Crippen LogP contribution in [0.2, 0.25) is 0 Å². The van der Waals surface area contributed by atoms with Crippen molar-refractivity contribution < 1.29 is 13.9 Å². The number of carbonyl (C=O) groups excluding carboxylic acids is 1. The van der Waals surface area contributed by atoms with Crippen molar-refractivity contribution in [2.24, 2.45) is 0 Å². The largest absolute Gasteiger partial charge is 0.495 e. The molecule has 0 unspecified atom stereocenters. The van der Waals surface area contributed by atoms with Gasteiger partial charge in [0.2, 0.25) is 0 Å². The van der Waals surface area contributed by atoms with Crippen LogP contribution in [0.15, 0.2) is 45.3 Å². The van der Waals surface area contributed by atoms with Crippen LogP contribution in [0.3, 0.4) is 0 Å². The minimum atomic E-state index is -0.487. The van der Waals surface area contributed by atoms with Gasteiger partial charge in [0.15, 0.2) is 0 Å². The number of anilines is 1. The quantitative estimate of drug-likeness (QED) is 0.813. The number of nitrogens with one attached hydrogen (secondary N) is 1. The summed E-state index contributed by atoms with van der Waals surface area (Å²) in [6.45, 7) is 0. The fourth-order valence-electron chi connectivity index (χ4n) is 1.61. The van der Waals surface area contributed by atoms with Gasteiger partial charge in [-0.3, -0.25) is 4.79 Å². The standard InChI is InChI=1S/C14H10Br2FNO2/c1-20-13-5-3-9(15)7-12(13)18-14(19)8-2-4-10(16)11(17)6-8/h2-7H,1H3,(H,18,19). The maximum atomic E-state index is 13.4. The Morgan fingerprint density at radius 1 is 1.20 bits per heavy atom. The van der Waals surface area contributed by atoms with Crippen LogP contribution in [-0.4, -0.2) is 13.0 Å². The number of amides is 1. The molecule has 104 valence electrons. The molecule has 3 nitrogen and oxygen atoms in total. The van der Waals surface area contributed by atoms with Crippen molar-refractivity contribution in [3.8, 4) is 5.75 Å². The molecule has 0 saturated carbocycles. The van der Waals surface area contributed by atoms with Crippen molar-refractivity contribution in [3.05, 3.63) is 56.7 Å². The Morgan fingerprint density at radius 2 is 1.95 bits per heavy atom. The molecule has 0 heterocycles. The van der Waals surface area contributed by atoms with Gasteiger partial charge in [0.1, 0.15) is 11.6 Å². The Bertz CT molecular complexity index is 662. The Labute approximate surface area is 132 Å². The first kappa shape index (κ1) is 15.0. The first-order valence-corrected chi connectivity index (χ1v) is 7.20. The molecule has 0 aromatic heterocycles. The summed E-state index contributed by atoms with van der Waals surface area (Å²) in [5.74, 6) is -0.370. The van der Waals surface area contributed by atoms with Gasteiger partial charge in [-0.15, -0.1) is 0 Å². The number of rotatable bonds is 3. The maximum Gasteiger partial charge on any atom is 0.255 e. The van der Waals surface area contributed by atoms with Crippen molar-refractivity contribution in [3.63, 3.8) is 0 Å². The van der Waals surface area contributed by atoms with E-state index < -0.39 is 11.7 Å². The summed E-state index contributed by atoms with van der Waals surface area (Å²) < 4.78 is 19.7. The highest BCUT2D eigenvalue weighted by Gasteiger charge is 2.12. The molecular formula is C14H10Br2FNO2. The normalized spacial score (nSPS) is 10.2. The first-order chi connectivity index (χ1) is 9.51. The van der Waals surface area contributed by atoms with Crippen molar-refractivity contribution in [1.29, 1.82) is 0 Å². The second kappa shape index (κ2) is 6.37. The van der Waals surface area contributed by atoms with Gasteiger partial charge in [-0.1, -0.05) is 15.9 Å². The Hall–Kier alpha value is -1.40. The predicted octanol–water partition coefficient (Wildman–Crippen LogP) is 4.61. The average Bonchev–Trinajstić information content (AvgIpc) is 2.42. The summed E-state index contributed by atoms with van der Waals surface area (Å²) >= 11 is 6.36. The van der Waals surface area contributed by atoms with E-state index in [0.29, 0.717) is 15.9 Å². The minimum absolute atomic E-state index is 0.229. The van der Waals surface area contributed by atoms with Crippen LogP contribution >= 0.6 is 31.9 Å². The maximum absolute atomic E-state index is 13.4. The fourth-order valence-corrected chi connectivity index (χ4v) is 2.22. The summed E-state index contributed by atoms with van der Waals surface area (Å²) in [5.41, 5.74) is 0.739. The van der Waals surface area contributed by atoms with Crippen molar-refractivity contribution in [1.82, 2.24) is 0 Å². The van der Waals surface area contributed by atoms with Gasteiger partial charge in [-0.05, 0) is 52.3 Å². The van der Waals surface area contributed by atoms with Crippen LogP contribution in [0.5, 0.6) is 5.75 Å². The summed E-state index contributed by atoms with van der Waals surface area (Å²) in [6, 6.07) is 9.43. The van der Waals surface area contributed by atoms with E-state index >= 15 is 0 Å². The van der Waals surface area contributed by atoms with Crippen molar-refractivity contribution in [2.75, 3.05) is 12.4 Å². The third-order valence-corrected chi connectivity index (χ3v) is 3.73. The van der Waals surface area contributed by atoms with Crippen LogP contribution in [0.1, 0.15) is 10.4 Å². The zero-order valence-electron chi connectivity index (χ0n) is 10.4. The van der Waals surface area contributed by atoms with E-state index in [2.05, 4.69) is 37.2 Å². The van der Waals surface area contributed by atoms with Gasteiger partial charge in [0.05, 0.1) is 17.3 Å². The molecule has 0 aliphatic carbocycles. The highest BCUT2D eigenvalue weighted by atomic mass is 79.9. The minimum Gasteiger partial charge on any atom is -0.495 e. The van der Waals surface area contributed by atoms with E-state index in [1.54, 1.807) is 18.2 Å². The zero-order chi connectivity index (χ0) is 14.7. The van der Waals surface area contributed by atoms with E-state index in [0.717, 1.165) is 4.47 Å². The van der Waals surface area contributed by atoms with Crippen LogP contribution in [0, 0.1) is 5.82 Å². The molecule has 0 fully saturated rings. The van der Waals surface area contributed by atoms with Gasteiger partial charge in [0.25, 0.3) is 5.91 Å². The van der Waals surface area contributed by atoms with E-state index in [4.69, 9.17) is 4.74 Å². The fraction of sp³-hybridized carbons (Fsp3) is 0.0714. The van der Waals surface area contributed by atoms with Gasteiger partial charge in [0, 0.05) is 10.0 Å². The number of hydrogen-bond donors (Lipinski definition) is 1. The lowest BCUT2D eigenvalue weighted by molar-refractivity contribution is 0.102. The third-order valence-electron chi connectivity index (χ3n) is 2.59. The van der Waals surface area contributed by atoms with Gasteiger partial charge in [-0.2, -0.15) is 0 Å². The molecule has 0 spiro atoms. The van der Waals surface area contributed by atoms with Gasteiger partial charge in [-0.25, -0.2) is 4.39 Å². The first-order valence-electron chi connectivity index (χ1n) is 5.61. The molecule has 0 aliphatic rings. The molecular weight excluding hydrogens is 393 g/mol. The Morgan fingerprint density at radius 3 is 2.60 bits per heavy atom. The molecule has 1 N–H and O–H groups in total.